The van der Waals surface area contributed by atoms with Crippen molar-refractivity contribution in [3.63, 3.8) is 0 Å². The maximum atomic E-state index is 2.52. The Morgan fingerprint density at radius 1 is 1.25 bits per heavy atom. The van der Waals surface area contributed by atoms with Crippen LogP contribution in [0.4, 0.5) is 0 Å². The van der Waals surface area contributed by atoms with Crippen molar-refractivity contribution in [2.75, 3.05) is 0 Å². The third kappa shape index (κ3) is 6.02. The van der Waals surface area contributed by atoms with Gasteiger partial charge in [0, 0.05) is 0 Å². The molecule has 0 aromatic carbocycles. The first-order chi connectivity index (χ1) is 9.38. The van der Waals surface area contributed by atoms with E-state index in [2.05, 4.69) is 47.6 Å². The molecule has 20 heavy (non-hydrogen) atoms. The first-order valence-electron chi connectivity index (χ1n) is 9.03. The van der Waals surface area contributed by atoms with Crippen LogP contribution in [0.15, 0.2) is 11.6 Å². The molecule has 1 aliphatic rings. The van der Waals surface area contributed by atoms with Crippen LogP contribution in [0.5, 0.6) is 0 Å². The van der Waals surface area contributed by atoms with Crippen molar-refractivity contribution in [2.45, 2.75) is 92.9 Å². The normalized spacial score (nSPS) is 25.4. The topological polar surface area (TPSA) is 0 Å². The number of rotatable bonds is 9. The van der Waals surface area contributed by atoms with E-state index in [1.54, 1.807) is 5.57 Å². The van der Waals surface area contributed by atoms with Crippen molar-refractivity contribution >= 4 is 0 Å². The van der Waals surface area contributed by atoms with Gasteiger partial charge in [0.05, 0.1) is 0 Å². The van der Waals surface area contributed by atoms with Crippen molar-refractivity contribution in [3.8, 4) is 0 Å². The van der Waals surface area contributed by atoms with Gasteiger partial charge in [0.25, 0.3) is 0 Å². The highest BCUT2D eigenvalue weighted by Gasteiger charge is 2.34. The Labute approximate surface area is 128 Å². The predicted molar refractivity (Wildman–Crippen MR) is 92.0 cm³/mol. The van der Waals surface area contributed by atoms with Gasteiger partial charge in [-0.2, -0.15) is 0 Å². The lowest BCUT2D eigenvalue weighted by Crippen LogP contribution is -2.31. The van der Waals surface area contributed by atoms with E-state index in [0.717, 1.165) is 17.8 Å². The minimum absolute atomic E-state index is 0.543. The van der Waals surface area contributed by atoms with Gasteiger partial charge in [-0.05, 0) is 68.6 Å². The van der Waals surface area contributed by atoms with Crippen LogP contribution in [0.2, 0.25) is 0 Å². The average Bonchev–Trinajstić information content (AvgIpc) is 2.33. The van der Waals surface area contributed by atoms with Crippen molar-refractivity contribution in [1.29, 1.82) is 0 Å². The number of hydrogen-bond acceptors (Lipinski definition) is 0. The fraction of sp³-hybridized carbons (Fsp3) is 0.900. The molecule has 1 unspecified atom stereocenters. The second kappa shape index (κ2) is 8.25. The quantitative estimate of drug-likeness (QED) is 0.398. The van der Waals surface area contributed by atoms with Gasteiger partial charge in [0.15, 0.2) is 0 Å². The third-order valence-electron chi connectivity index (χ3n) is 5.63. The molecule has 0 radical (unpaired) electrons. The zero-order valence-corrected chi connectivity index (χ0v) is 15.0. The van der Waals surface area contributed by atoms with Gasteiger partial charge >= 0.3 is 0 Å². The second-order valence-corrected chi connectivity index (χ2v) is 8.19. The molecule has 0 nitrogen and oxygen atoms in total. The minimum atomic E-state index is 0.543. The first kappa shape index (κ1) is 17.8. The van der Waals surface area contributed by atoms with Crippen LogP contribution in [0.25, 0.3) is 0 Å². The lowest BCUT2D eigenvalue weighted by Gasteiger charge is -2.41. The Balaban J connectivity index is 2.22. The summed E-state index contributed by atoms with van der Waals surface area (Å²) in [6.45, 7) is 14.3. The van der Waals surface area contributed by atoms with E-state index in [9.17, 15) is 0 Å². The van der Waals surface area contributed by atoms with Crippen LogP contribution in [-0.4, -0.2) is 0 Å². The molecule has 0 saturated heterocycles. The highest BCUT2D eigenvalue weighted by atomic mass is 14.4. The van der Waals surface area contributed by atoms with Crippen molar-refractivity contribution < 1.29 is 0 Å². The van der Waals surface area contributed by atoms with E-state index in [1.807, 2.05) is 0 Å². The summed E-state index contributed by atoms with van der Waals surface area (Å²) in [7, 11) is 0. The summed E-state index contributed by atoms with van der Waals surface area (Å²) in [6.07, 6.45) is 13.6. The second-order valence-electron chi connectivity index (χ2n) is 8.19. The third-order valence-corrected chi connectivity index (χ3v) is 5.63. The molecule has 0 spiro atoms. The summed E-state index contributed by atoms with van der Waals surface area (Å²) in [5.74, 6) is 2.92. The predicted octanol–water partition coefficient (Wildman–Crippen LogP) is 7.00. The highest BCUT2D eigenvalue weighted by Crippen LogP contribution is 2.45. The molecule has 1 atom stereocenters. The van der Waals surface area contributed by atoms with E-state index in [-0.39, 0.29) is 0 Å². The summed E-state index contributed by atoms with van der Waals surface area (Å²) >= 11 is 0. The minimum Gasteiger partial charge on any atom is -0.0853 e. The van der Waals surface area contributed by atoms with Crippen LogP contribution in [-0.2, 0) is 0 Å². The summed E-state index contributed by atoms with van der Waals surface area (Å²) in [5, 5.41) is 0. The maximum Gasteiger partial charge on any atom is -0.0319 e. The summed E-state index contributed by atoms with van der Waals surface area (Å²) in [5.41, 5.74) is 2.16. The Morgan fingerprint density at radius 3 is 2.45 bits per heavy atom. The molecule has 1 fully saturated rings. The molecule has 0 aliphatic heterocycles. The van der Waals surface area contributed by atoms with E-state index < -0.39 is 0 Å². The SMILES string of the molecule is CCCCC(C)=CCC1CC(C(C)CC(C)(C)CC)C1. The molecule has 0 heterocycles. The molecular weight excluding hydrogens is 240 g/mol. The maximum absolute atomic E-state index is 2.52. The number of hydrogen-bond donors (Lipinski definition) is 0. The number of unbranched alkanes of at least 4 members (excludes halogenated alkanes) is 1. The van der Waals surface area contributed by atoms with Crippen LogP contribution in [0.1, 0.15) is 92.9 Å². The van der Waals surface area contributed by atoms with Gasteiger partial charge < -0.3 is 0 Å². The molecule has 0 aromatic heterocycles. The molecule has 1 rings (SSSR count). The van der Waals surface area contributed by atoms with E-state index >= 15 is 0 Å². The molecule has 0 aromatic rings. The van der Waals surface area contributed by atoms with Crippen molar-refractivity contribution in [2.24, 2.45) is 23.2 Å². The summed E-state index contributed by atoms with van der Waals surface area (Å²) in [4.78, 5) is 0. The molecule has 118 valence electrons. The zero-order chi connectivity index (χ0) is 15.2. The van der Waals surface area contributed by atoms with Gasteiger partial charge in [0.2, 0.25) is 0 Å². The molecular formula is C20H38. The standard InChI is InChI=1S/C20H38/c1-7-9-10-16(3)11-12-18-13-19(14-18)17(4)15-20(5,6)8-2/h11,17-19H,7-10,12-15H2,1-6H3. The lowest BCUT2D eigenvalue weighted by molar-refractivity contribution is 0.0996. The molecule has 0 bridgehead atoms. The molecule has 1 saturated carbocycles. The molecule has 1 aliphatic carbocycles. The van der Waals surface area contributed by atoms with Crippen LogP contribution < -0.4 is 0 Å². The monoisotopic (exact) mass is 278 g/mol. The van der Waals surface area contributed by atoms with Gasteiger partial charge in [-0.15, -0.1) is 0 Å². The van der Waals surface area contributed by atoms with Crippen LogP contribution in [0.3, 0.4) is 0 Å². The summed E-state index contributed by atoms with van der Waals surface area (Å²) < 4.78 is 0. The lowest BCUT2D eigenvalue weighted by atomic mass is 9.64. The van der Waals surface area contributed by atoms with Crippen LogP contribution >= 0.6 is 0 Å². The Bertz CT molecular complexity index is 291. The molecule has 0 N–H and O–H groups in total. The Hall–Kier alpha value is -0.260. The Morgan fingerprint density at radius 2 is 1.90 bits per heavy atom. The average molecular weight is 279 g/mol. The van der Waals surface area contributed by atoms with Gasteiger partial charge in [-0.1, -0.05) is 59.1 Å². The summed E-state index contributed by atoms with van der Waals surface area (Å²) in [6, 6.07) is 0. The van der Waals surface area contributed by atoms with Crippen molar-refractivity contribution in [3.05, 3.63) is 11.6 Å². The smallest absolute Gasteiger partial charge is 0.0319 e. The van der Waals surface area contributed by atoms with E-state index in [4.69, 9.17) is 0 Å². The highest BCUT2D eigenvalue weighted by molar-refractivity contribution is 5.00. The van der Waals surface area contributed by atoms with Gasteiger partial charge in [-0.25, -0.2) is 0 Å². The molecule has 0 heteroatoms. The molecule has 0 amide bonds. The van der Waals surface area contributed by atoms with Crippen molar-refractivity contribution in [1.82, 2.24) is 0 Å². The zero-order valence-electron chi connectivity index (χ0n) is 15.0. The largest absolute Gasteiger partial charge is 0.0853 e. The van der Waals surface area contributed by atoms with E-state index in [1.165, 1.54) is 51.4 Å². The van der Waals surface area contributed by atoms with Gasteiger partial charge in [0.1, 0.15) is 0 Å². The van der Waals surface area contributed by atoms with E-state index in [0.29, 0.717) is 5.41 Å². The first-order valence-corrected chi connectivity index (χ1v) is 9.03. The van der Waals surface area contributed by atoms with Gasteiger partial charge in [-0.3, -0.25) is 0 Å². The Kier molecular flexibility index (Phi) is 7.34. The van der Waals surface area contributed by atoms with Crippen LogP contribution in [0, 0.1) is 23.2 Å². The fourth-order valence-corrected chi connectivity index (χ4v) is 3.55. The number of allylic oxidation sites excluding steroid dienone is 2. The fourth-order valence-electron chi connectivity index (χ4n) is 3.55.